The van der Waals surface area contributed by atoms with Crippen LogP contribution < -0.4 is 10.6 Å². The molecule has 2 aromatic carbocycles. The third kappa shape index (κ3) is 2.53. The van der Waals surface area contributed by atoms with Crippen molar-refractivity contribution in [2.45, 2.75) is 12.5 Å². The van der Waals surface area contributed by atoms with Crippen LogP contribution in [0.4, 0.5) is 0 Å². The first kappa shape index (κ1) is 16.3. The van der Waals surface area contributed by atoms with Crippen LogP contribution in [0.1, 0.15) is 12.5 Å². The van der Waals surface area contributed by atoms with Crippen LogP contribution in [0.5, 0.6) is 0 Å². The molecule has 26 heavy (non-hydrogen) atoms. The van der Waals surface area contributed by atoms with Gasteiger partial charge < -0.3 is 15.5 Å². The Balaban J connectivity index is 1.80. The quantitative estimate of drug-likeness (QED) is 0.860. The fourth-order valence-corrected chi connectivity index (χ4v) is 3.69. The zero-order chi connectivity index (χ0) is 18.3. The maximum absolute atomic E-state index is 4.29. The standard InChI is InChI=1S/C23H23N3/c1-16-8-7-13-26(17(16)2)15-23(18(3)24-19(4)25-23)22-12-11-20-9-5-6-10-21(20)14-22/h5-14,24-25H,2-4,15H2,1H3. The molecule has 0 saturated carbocycles. The fraction of sp³-hybridized carbons (Fsp3) is 0.130. The summed E-state index contributed by atoms with van der Waals surface area (Å²) in [5.74, 6) is 0.766. The SMILES string of the molecule is C=C1NC(=C)C(CN2C=CC=C(C)C2=C)(c2ccc3ccccc3c2)N1. The van der Waals surface area contributed by atoms with Crippen LogP contribution in [0.25, 0.3) is 10.8 Å². The molecule has 0 amide bonds. The topological polar surface area (TPSA) is 27.3 Å². The molecule has 3 nitrogen and oxygen atoms in total. The summed E-state index contributed by atoms with van der Waals surface area (Å²) in [6.07, 6.45) is 6.20. The maximum atomic E-state index is 4.29. The van der Waals surface area contributed by atoms with Crippen LogP contribution in [0, 0.1) is 0 Å². The normalized spacial score (nSPS) is 22.4. The van der Waals surface area contributed by atoms with Crippen molar-refractivity contribution in [2.24, 2.45) is 0 Å². The molecule has 0 bridgehead atoms. The van der Waals surface area contributed by atoms with Crippen molar-refractivity contribution < 1.29 is 0 Å². The Hall–Kier alpha value is -3.20. The van der Waals surface area contributed by atoms with Gasteiger partial charge in [-0.1, -0.05) is 62.2 Å². The summed E-state index contributed by atoms with van der Waals surface area (Å²) in [5, 5.41) is 9.25. The summed E-state index contributed by atoms with van der Waals surface area (Å²) >= 11 is 0. The molecule has 2 aromatic rings. The van der Waals surface area contributed by atoms with Gasteiger partial charge in [0.15, 0.2) is 0 Å². The van der Waals surface area contributed by atoms with Crippen LogP contribution in [-0.4, -0.2) is 11.4 Å². The van der Waals surface area contributed by atoms with E-state index in [0.717, 1.165) is 28.4 Å². The van der Waals surface area contributed by atoms with Gasteiger partial charge in [0.2, 0.25) is 0 Å². The molecule has 1 saturated heterocycles. The number of hydrogen-bond acceptors (Lipinski definition) is 3. The van der Waals surface area contributed by atoms with Crippen LogP contribution >= 0.6 is 0 Å². The molecule has 130 valence electrons. The van der Waals surface area contributed by atoms with E-state index >= 15 is 0 Å². The van der Waals surface area contributed by atoms with Gasteiger partial charge in [-0.25, -0.2) is 0 Å². The third-order valence-electron chi connectivity index (χ3n) is 5.25. The number of rotatable bonds is 3. The lowest BCUT2D eigenvalue weighted by Crippen LogP contribution is -2.46. The van der Waals surface area contributed by atoms with E-state index in [1.165, 1.54) is 10.8 Å². The smallest absolute Gasteiger partial charge is 0.122 e. The van der Waals surface area contributed by atoms with Crippen LogP contribution in [0.15, 0.2) is 103 Å². The van der Waals surface area contributed by atoms with Crippen molar-refractivity contribution in [1.82, 2.24) is 15.5 Å². The van der Waals surface area contributed by atoms with Crippen LogP contribution in [0.2, 0.25) is 0 Å². The zero-order valence-corrected chi connectivity index (χ0v) is 15.0. The Labute approximate surface area is 154 Å². The molecule has 2 aliphatic rings. The highest BCUT2D eigenvalue weighted by molar-refractivity contribution is 5.83. The van der Waals surface area contributed by atoms with E-state index in [4.69, 9.17) is 0 Å². The first-order valence-corrected chi connectivity index (χ1v) is 8.73. The van der Waals surface area contributed by atoms with E-state index in [1.807, 2.05) is 0 Å². The van der Waals surface area contributed by atoms with Gasteiger partial charge in [0, 0.05) is 17.6 Å². The van der Waals surface area contributed by atoms with Crippen molar-refractivity contribution in [3.8, 4) is 0 Å². The highest BCUT2D eigenvalue weighted by atomic mass is 15.3. The Morgan fingerprint density at radius 2 is 1.81 bits per heavy atom. The van der Waals surface area contributed by atoms with Crippen molar-refractivity contribution >= 4 is 10.8 Å². The summed E-state index contributed by atoms with van der Waals surface area (Å²) < 4.78 is 0. The molecule has 0 radical (unpaired) electrons. The molecule has 1 fully saturated rings. The van der Waals surface area contributed by atoms with Crippen molar-refractivity contribution in [3.05, 3.63) is 109 Å². The van der Waals surface area contributed by atoms with Gasteiger partial charge in [-0.3, -0.25) is 0 Å². The molecule has 4 rings (SSSR count). The van der Waals surface area contributed by atoms with E-state index in [-0.39, 0.29) is 0 Å². The Morgan fingerprint density at radius 1 is 1.04 bits per heavy atom. The molecule has 2 N–H and O–H groups in total. The maximum Gasteiger partial charge on any atom is 0.122 e. The summed E-state index contributed by atoms with van der Waals surface area (Å²) in [7, 11) is 0. The zero-order valence-electron chi connectivity index (χ0n) is 15.0. The highest BCUT2D eigenvalue weighted by Gasteiger charge is 2.42. The van der Waals surface area contributed by atoms with Gasteiger partial charge in [0.1, 0.15) is 5.54 Å². The van der Waals surface area contributed by atoms with Crippen LogP contribution in [-0.2, 0) is 5.54 Å². The Kier molecular flexibility index (Phi) is 3.73. The van der Waals surface area contributed by atoms with Gasteiger partial charge in [-0.15, -0.1) is 0 Å². The molecule has 1 atom stereocenters. The summed E-state index contributed by atoms with van der Waals surface area (Å²) in [6.45, 7) is 15.4. The number of fused-ring (bicyclic) bond motifs is 1. The second kappa shape index (κ2) is 5.95. The minimum absolute atomic E-state index is 0.480. The molecule has 3 heteroatoms. The monoisotopic (exact) mass is 341 g/mol. The lowest BCUT2D eigenvalue weighted by molar-refractivity contribution is 0.334. The predicted molar refractivity (Wildman–Crippen MR) is 109 cm³/mol. The van der Waals surface area contributed by atoms with Gasteiger partial charge >= 0.3 is 0 Å². The number of nitrogens with zero attached hydrogens (tertiary/aromatic N) is 1. The summed E-state index contributed by atoms with van der Waals surface area (Å²) in [5.41, 5.74) is 3.73. The van der Waals surface area contributed by atoms with Gasteiger partial charge in [-0.05, 0) is 41.0 Å². The summed E-state index contributed by atoms with van der Waals surface area (Å²) in [6, 6.07) is 14.9. The van der Waals surface area contributed by atoms with E-state index < -0.39 is 5.54 Å². The first-order valence-electron chi connectivity index (χ1n) is 8.73. The van der Waals surface area contributed by atoms with E-state index in [1.54, 1.807) is 0 Å². The summed E-state index contributed by atoms with van der Waals surface area (Å²) in [4.78, 5) is 2.17. The second-order valence-electron chi connectivity index (χ2n) is 6.94. The number of benzene rings is 2. The molecular weight excluding hydrogens is 318 g/mol. The third-order valence-corrected chi connectivity index (χ3v) is 5.25. The van der Waals surface area contributed by atoms with Gasteiger partial charge in [0.05, 0.1) is 12.4 Å². The van der Waals surface area contributed by atoms with E-state index in [9.17, 15) is 0 Å². The largest absolute Gasteiger partial charge is 0.356 e. The van der Waals surface area contributed by atoms with E-state index in [0.29, 0.717) is 6.54 Å². The number of allylic oxidation sites excluding steroid dienone is 3. The Bertz CT molecular complexity index is 995. The first-order chi connectivity index (χ1) is 12.5. The molecule has 2 aliphatic heterocycles. The van der Waals surface area contributed by atoms with Crippen LogP contribution in [0.3, 0.4) is 0 Å². The van der Waals surface area contributed by atoms with Gasteiger partial charge in [-0.2, -0.15) is 0 Å². The van der Waals surface area contributed by atoms with Crippen molar-refractivity contribution in [2.75, 3.05) is 6.54 Å². The average Bonchev–Trinajstić information content (AvgIpc) is 2.93. The fourth-order valence-electron chi connectivity index (χ4n) is 3.69. The Morgan fingerprint density at radius 3 is 2.54 bits per heavy atom. The molecular formula is C23H23N3. The number of nitrogens with one attached hydrogen (secondary N) is 2. The number of hydrogen-bond donors (Lipinski definition) is 2. The minimum atomic E-state index is -0.480. The predicted octanol–water partition coefficient (Wildman–Crippen LogP) is 4.50. The molecule has 0 spiro atoms. The average molecular weight is 341 g/mol. The highest BCUT2D eigenvalue weighted by Crippen LogP contribution is 2.37. The van der Waals surface area contributed by atoms with Crippen molar-refractivity contribution in [1.29, 1.82) is 0 Å². The minimum Gasteiger partial charge on any atom is -0.356 e. The molecule has 2 heterocycles. The molecule has 0 aliphatic carbocycles. The second-order valence-corrected chi connectivity index (χ2v) is 6.94. The lowest BCUT2D eigenvalue weighted by Gasteiger charge is -2.37. The van der Waals surface area contributed by atoms with Gasteiger partial charge in [0.25, 0.3) is 0 Å². The lowest BCUT2D eigenvalue weighted by atomic mass is 9.85. The molecule has 0 aromatic heterocycles. The van der Waals surface area contributed by atoms with Crippen molar-refractivity contribution in [3.63, 3.8) is 0 Å². The molecule has 1 unspecified atom stereocenters. The van der Waals surface area contributed by atoms with E-state index in [2.05, 4.69) is 103 Å².